The minimum Gasteiger partial charge on any atom is -0.394 e. The number of carbonyl (C=O) groups excluding carboxylic acids is 1. The molecule has 12 unspecified atom stereocenters. The Morgan fingerprint density at radius 2 is 0.857 bits per heavy atom. The zero-order valence-corrected chi connectivity index (χ0v) is 48.5. The maximum atomic E-state index is 13.3. The Morgan fingerprint density at radius 1 is 0.468 bits per heavy atom. The SMILES string of the molecule is CCCCCCC/C=C\C/C=C\C/C=C\CCCCCCCCCCC(=O)NC(COC1OC(CO)C(OC2OC(CO)C(O)C(O)C2O)C(O)C1O)C(O)/C=C/CCCCCCCCCCCCCCCCCCCC. The van der Waals surface area contributed by atoms with Crippen LogP contribution in [0.15, 0.2) is 48.6 Å². The predicted molar refractivity (Wildman–Crippen MR) is 309 cm³/mol. The van der Waals surface area contributed by atoms with Gasteiger partial charge in [0.1, 0.15) is 48.8 Å². The number of allylic oxidation sites excluding steroid dienone is 7. The van der Waals surface area contributed by atoms with Crippen LogP contribution in [0.1, 0.15) is 251 Å². The summed E-state index contributed by atoms with van der Waals surface area (Å²) < 4.78 is 22.8. The van der Waals surface area contributed by atoms with Crippen molar-refractivity contribution in [2.75, 3.05) is 19.8 Å². The third kappa shape index (κ3) is 34.1. The van der Waals surface area contributed by atoms with E-state index < -0.39 is 86.8 Å². The fourth-order valence-corrected chi connectivity index (χ4v) is 10.2. The first-order valence-electron chi connectivity index (χ1n) is 31.4. The number of amides is 1. The molecule has 1 amide bonds. The molecular weight excluding hydrogens is 979 g/mol. The lowest BCUT2D eigenvalue weighted by Gasteiger charge is -2.46. The largest absolute Gasteiger partial charge is 0.394 e. The smallest absolute Gasteiger partial charge is 0.220 e. The lowest BCUT2D eigenvalue weighted by Crippen LogP contribution is -2.65. The van der Waals surface area contributed by atoms with Crippen LogP contribution in [0, 0.1) is 0 Å². The standard InChI is InChI=1S/C63H115NO13/c1-3-5-7-9-11-13-15-17-19-21-23-25-26-27-29-31-33-35-37-39-41-43-45-47-55(68)64-51(52(67)46-44-42-40-38-36-34-32-30-28-24-22-20-18-16-14-12-10-8-6-4-2)50-74-62-60(73)58(71)61(54(49-66)76-62)77-63-59(72)57(70)56(69)53(48-65)75-63/h15,17,21,23,26-27,44,46,51-54,56-63,65-67,69-73H,3-14,16,18-20,22,24-25,28-43,45,47-50H2,1-2H3,(H,64,68)/b17-15-,23-21-,27-26-,46-44+. The zero-order valence-electron chi connectivity index (χ0n) is 48.5. The number of nitrogens with one attached hydrogen (secondary N) is 1. The molecule has 14 nitrogen and oxygen atoms in total. The Morgan fingerprint density at radius 3 is 1.31 bits per heavy atom. The van der Waals surface area contributed by atoms with Crippen LogP contribution in [-0.4, -0.2) is 140 Å². The van der Waals surface area contributed by atoms with E-state index >= 15 is 0 Å². The van der Waals surface area contributed by atoms with Crippen LogP contribution in [0.5, 0.6) is 0 Å². The first-order valence-corrected chi connectivity index (χ1v) is 31.4. The molecule has 2 heterocycles. The van der Waals surface area contributed by atoms with Crippen molar-refractivity contribution in [3.63, 3.8) is 0 Å². The van der Waals surface area contributed by atoms with E-state index in [9.17, 15) is 45.6 Å². The first-order chi connectivity index (χ1) is 37.6. The molecule has 0 spiro atoms. The zero-order chi connectivity index (χ0) is 56.0. The maximum absolute atomic E-state index is 13.3. The summed E-state index contributed by atoms with van der Waals surface area (Å²) in [5.41, 5.74) is 0. The van der Waals surface area contributed by atoms with Gasteiger partial charge in [-0.2, -0.15) is 0 Å². The van der Waals surface area contributed by atoms with Crippen molar-refractivity contribution in [3.05, 3.63) is 48.6 Å². The van der Waals surface area contributed by atoms with Crippen LogP contribution >= 0.6 is 0 Å². The maximum Gasteiger partial charge on any atom is 0.220 e. The van der Waals surface area contributed by atoms with E-state index in [2.05, 4.69) is 55.6 Å². The molecule has 0 aromatic carbocycles. The van der Waals surface area contributed by atoms with Crippen molar-refractivity contribution in [2.45, 2.75) is 325 Å². The summed E-state index contributed by atoms with van der Waals surface area (Å²) in [6, 6.07) is -0.920. The Balaban J connectivity index is 1.76. The van der Waals surface area contributed by atoms with Crippen molar-refractivity contribution < 1.29 is 64.6 Å². The molecular formula is C63H115NO13. The highest BCUT2D eigenvalue weighted by Crippen LogP contribution is 2.30. The van der Waals surface area contributed by atoms with Gasteiger partial charge >= 0.3 is 0 Å². The molecule has 450 valence electrons. The van der Waals surface area contributed by atoms with Crippen LogP contribution in [0.4, 0.5) is 0 Å². The van der Waals surface area contributed by atoms with E-state index in [-0.39, 0.29) is 18.9 Å². The highest BCUT2D eigenvalue weighted by molar-refractivity contribution is 5.76. The number of ether oxygens (including phenoxy) is 4. The second-order valence-electron chi connectivity index (χ2n) is 22.2. The summed E-state index contributed by atoms with van der Waals surface area (Å²) in [4.78, 5) is 13.3. The molecule has 9 N–H and O–H groups in total. The van der Waals surface area contributed by atoms with E-state index in [1.807, 2.05) is 6.08 Å². The van der Waals surface area contributed by atoms with Gasteiger partial charge in [0.2, 0.25) is 5.91 Å². The predicted octanol–water partition coefficient (Wildman–Crippen LogP) is 11.2. The second-order valence-corrected chi connectivity index (χ2v) is 22.2. The fraction of sp³-hybridized carbons (Fsp3) is 0.857. The Kier molecular flexibility index (Phi) is 44.9. The molecule has 0 aliphatic carbocycles. The molecule has 2 aliphatic rings. The number of hydrogen-bond donors (Lipinski definition) is 9. The van der Waals surface area contributed by atoms with Gasteiger partial charge in [-0.1, -0.05) is 236 Å². The van der Waals surface area contributed by atoms with Crippen molar-refractivity contribution in [1.82, 2.24) is 5.32 Å². The number of rotatable bonds is 50. The number of aliphatic hydroxyl groups is 8. The molecule has 14 heteroatoms. The van der Waals surface area contributed by atoms with E-state index in [0.717, 1.165) is 57.8 Å². The first kappa shape index (κ1) is 71.1. The van der Waals surface area contributed by atoms with Gasteiger partial charge in [0.25, 0.3) is 0 Å². The van der Waals surface area contributed by atoms with Gasteiger partial charge in [-0.25, -0.2) is 0 Å². The third-order valence-electron chi connectivity index (χ3n) is 15.3. The van der Waals surface area contributed by atoms with Crippen LogP contribution in [0.2, 0.25) is 0 Å². The lowest BCUT2D eigenvalue weighted by atomic mass is 9.97. The molecule has 0 aromatic rings. The summed E-state index contributed by atoms with van der Waals surface area (Å²) in [7, 11) is 0. The van der Waals surface area contributed by atoms with Gasteiger partial charge in [-0.05, 0) is 57.8 Å². The molecule has 2 aliphatic heterocycles. The molecule has 0 radical (unpaired) electrons. The average molecular weight is 1090 g/mol. The van der Waals surface area contributed by atoms with Crippen molar-refractivity contribution in [2.24, 2.45) is 0 Å². The van der Waals surface area contributed by atoms with Crippen LogP contribution in [-0.2, 0) is 23.7 Å². The summed E-state index contributed by atoms with van der Waals surface area (Å²) in [6.07, 6.45) is 44.2. The fourth-order valence-electron chi connectivity index (χ4n) is 10.2. The van der Waals surface area contributed by atoms with Gasteiger partial charge < -0.3 is 65.1 Å². The van der Waals surface area contributed by atoms with E-state index in [1.54, 1.807) is 6.08 Å². The van der Waals surface area contributed by atoms with Gasteiger partial charge in [0.05, 0.1) is 32.0 Å². The normalized spacial score (nSPS) is 25.0. The second kappa shape index (κ2) is 48.6. The van der Waals surface area contributed by atoms with Crippen LogP contribution < -0.4 is 5.32 Å². The van der Waals surface area contributed by atoms with E-state index in [0.29, 0.717) is 6.42 Å². The molecule has 77 heavy (non-hydrogen) atoms. The molecule has 2 saturated heterocycles. The van der Waals surface area contributed by atoms with Gasteiger partial charge in [-0.15, -0.1) is 0 Å². The van der Waals surface area contributed by atoms with E-state index in [1.165, 1.54) is 167 Å². The Hall–Kier alpha value is -2.05. The Bertz CT molecular complexity index is 1480. The molecule has 2 fully saturated rings. The number of hydrogen-bond acceptors (Lipinski definition) is 13. The third-order valence-corrected chi connectivity index (χ3v) is 15.3. The molecule has 0 bridgehead atoms. The summed E-state index contributed by atoms with van der Waals surface area (Å²) in [5, 5.41) is 87.2. The Labute approximate surface area is 467 Å². The summed E-state index contributed by atoms with van der Waals surface area (Å²) in [5.74, 6) is -0.246. The number of unbranched alkanes of at least 4 members (excludes halogenated alkanes) is 31. The monoisotopic (exact) mass is 1090 g/mol. The topological polar surface area (TPSA) is 228 Å². The van der Waals surface area contributed by atoms with Crippen LogP contribution in [0.3, 0.4) is 0 Å². The van der Waals surface area contributed by atoms with E-state index in [4.69, 9.17) is 18.9 Å². The molecule has 12 atom stereocenters. The van der Waals surface area contributed by atoms with Crippen molar-refractivity contribution in [3.8, 4) is 0 Å². The molecule has 0 saturated carbocycles. The average Bonchev–Trinajstić information content (AvgIpc) is 3.44. The van der Waals surface area contributed by atoms with Crippen molar-refractivity contribution >= 4 is 5.91 Å². The minimum atomic E-state index is -1.79. The molecule has 0 aromatic heterocycles. The lowest BCUT2D eigenvalue weighted by molar-refractivity contribution is -0.359. The summed E-state index contributed by atoms with van der Waals surface area (Å²) in [6.45, 7) is 2.80. The van der Waals surface area contributed by atoms with Gasteiger partial charge in [0.15, 0.2) is 12.6 Å². The minimum absolute atomic E-state index is 0.246. The van der Waals surface area contributed by atoms with Crippen LogP contribution in [0.25, 0.3) is 0 Å². The van der Waals surface area contributed by atoms with Gasteiger partial charge in [-0.3, -0.25) is 4.79 Å². The summed E-state index contributed by atoms with van der Waals surface area (Å²) >= 11 is 0. The highest BCUT2D eigenvalue weighted by atomic mass is 16.7. The highest BCUT2D eigenvalue weighted by Gasteiger charge is 2.51. The quantitative estimate of drug-likeness (QED) is 0.0204. The molecule has 2 rings (SSSR count). The van der Waals surface area contributed by atoms with Gasteiger partial charge in [0, 0.05) is 6.42 Å². The number of aliphatic hydroxyl groups excluding tert-OH is 8. The van der Waals surface area contributed by atoms with Crippen molar-refractivity contribution in [1.29, 1.82) is 0 Å². The number of carbonyl (C=O) groups is 1.